The fourth-order valence-electron chi connectivity index (χ4n) is 2.76. The van der Waals surface area contributed by atoms with Gasteiger partial charge >= 0.3 is 0 Å². The second-order valence-electron chi connectivity index (χ2n) is 5.08. The van der Waals surface area contributed by atoms with E-state index in [-0.39, 0.29) is 0 Å². The van der Waals surface area contributed by atoms with E-state index in [9.17, 15) is 0 Å². The highest BCUT2D eigenvalue weighted by Crippen LogP contribution is 2.38. The molecule has 1 heterocycles. The molecule has 0 saturated heterocycles. The Balaban J connectivity index is 2.13. The number of hydrogen-bond acceptors (Lipinski definition) is 2. The Morgan fingerprint density at radius 1 is 1.20 bits per heavy atom. The number of hydrogen-bond donors (Lipinski definition) is 1. The van der Waals surface area contributed by atoms with Crippen molar-refractivity contribution in [2.24, 2.45) is 0 Å². The van der Waals surface area contributed by atoms with Gasteiger partial charge in [0.1, 0.15) is 5.75 Å². The summed E-state index contributed by atoms with van der Waals surface area (Å²) in [6, 6.07) is 12.5. The molecule has 1 aliphatic rings. The van der Waals surface area contributed by atoms with Crippen molar-refractivity contribution < 1.29 is 4.74 Å². The first-order valence-corrected chi connectivity index (χ1v) is 7.35. The van der Waals surface area contributed by atoms with Gasteiger partial charge in [-0.05, 0) is 48.7 Å². The van der Waals surface area contributed by atoms with Crippen molar-refractivity contribution in [3.63, 3.8) is 0 Å². The molecule has 0 bridgehead atoms. The fourth-order valence-corrected chi connectivity index (χ4v) is 2.96. The smallest absolute Gasteiger partial charge is 0.130 e. The van der Waals surface area contributed by atoms with E-state index in [2.05, 4.69) is 29.6 Å². The minimum absolute atomic E-state index is 0.768. The van der Waals surface area contributed by atoms with Crippen LogP contribution in [0.4, 0.5) is 0 Å². The van der Waals surface area contributed by atoms with Crippen LogP contribution in [0.5, 0.6) is 5.75 Å². The Morgan fingerprint density at radius 2 is 2.10 bits per heavy atom. The van der Waals surface area contributed by atoms with Crippen LogP contribution in [0.2, 0.25) is 5.02 Å². The minimum Gasteiger partial charge on any atom is -0.493 e. The normalized spacial score (nSPS) is 13.7. The van der Waals surface area contributed by atoms with E-state index in [1.165, 1.54) is 22.3 Å². The van der Waals surface area contributed by atoms with Gasteiger partial charge in [-0.2, -0.15) is 0 Å². The van der Waals surface area contributed by atoms with Gasteiger partial charge in [0.15, 0.2) is 0 Å². The fraction of sp³-hybridized carbons (Fsp3) is 0.294. The molecule has 0 spiro atoms. The summed E-state index contributed by atoms with van der Waals surface area (Å²) < 4.78 is 5.92. The van der Waals surface area contributed by atoms with Crippen molar-refractivity contribution in [3.8, 4) is 16.9 Å². The van der Waals surface area contributed by atoms with E-state index in [4.69, 9.17) is 16.3 Å². The molecule has 1 aliphatic heterocycles. The molecule has 2 aromatic rings. The minimum atomic E-state index is 0.768. The van der Waals surface area contributed by atoms with Crippen molar-refractivity contribution >= 4 is 11.6 Å². The Hall–Kier alpha value is -1.51. The standard InChI is InChI=1S/C17H18ClNO/c1-19-11-13-10-14(18)7-8-15(13)16-6-2-4-12-5-3-9-20-17(12)16/h2,4,6-8,10,19H,3,5,9,11H2,1H3. The summed E-state index contributed by atoms with van der Waals surface area (Å²) in [5.74, 6) is 1.04. The Bertz CT molecular complexity index is 624. The number of aryl methyl sites for hydroxylation is 1. The van der Waals surface area contributed by atoms with Gasteiger partial charge in [0.05, 0.1) is 6.61 Å². The molecule has 0 aromatic heterocycles. The zero-order valence-corrected chi connectivity index (χ0v) is 12.3. The molecule has 0 radical (unpaired) electrons. The molecule has 0 amide bonds. The molecule has 1 N–H and O–H groups in total. The predicted octanol–water partition coefficient (Wildman–Crippen LogP) is 4.05. The summed E-state index contributed by atoms with van der Waals surface area (Å²) in [5, 5.41) is 3.97. The van der Waals surface area contributed by atoms with E-state index < -0.39 is 0 Å². The highest BCUT2D eigenvalue weighted by Gasteiger charge is 2.17. The van der Waals surface area contributed by atoms with Gasteiger partial charge in [0.2, 0.25) is 0 Å². The molecule has 0 aliphatic carbocycles. The maximum absolute atomic E-state index is 6.12. The summed E-state index contributed by atoms with van der Waals surface area (Å²) in [6.45, 7) is 1.60. The van der Waals surface area contributed by atoms with Crippen molar-refractivity contribution in [3.05, 3.63) is 52.5 Å². The Labute approximate surface area is 124 Å². The summed E-state index contributed by atoms with van der Waals surface area (Å²) in [6.07, 6.45) is 2.19. The maximum atomic E-state index is 6.12. The first kappa shape index (κ1) is 13.5. The third-order valence-electron chi connectivity index (χ3n) is 3.66. The van der Waals surface area contributed by atoms with Crippen LogP contribution in [0.1, 0.15) is 17.5 Å². The lowest BCUT2D eigenvalue weighted by molar-refractivity contribution is 0.289. The highest BCUT2D eigenvalue weighted by atomic mass is 35.5. The van der Waals surface area contributed by atoms with Crippen molar-refractivity contribution in [2.75, 3.05) is 13.7 Å². The van der Waals surface area contributed by atoms with E-state index in [0.29, 0.717) is 0 Å². The Kier molecular flexibility index (Phi) is 3.95. The zero-order chi connectivity index (χ0) is 13.9. The van der Waals surface area contributed by atoms with Gasteiger partial charge in [-0.3, -0.25) is 0 Å². The molecule has 0 saturated carbocycles. The van der Waals surface area contributed by atoms with Gasteiger partial charge in [-0.25, -0.2) is 0 Å². The largest absolute Gasteiger partial charge is 0.493 e. The van der Waals surface area contributed by atoms with E-state index in [1.54, 1.807) is 0 Å². The van der Waals surface area contributed by atoms with Crippen LogP contribution in [-0.4, -0.2) is 13.7 Å². The average Bonchev–Trinajstić information content (AvgIpc) is 2.47. The van der Waals surface area contributed by atoms with Crippen molar-refractivity contribution in [1.82, 2.24) is 5.32 Å². The number of rotatable bonds is 3. The van der Waals surface area contributed by atoms with Gasteiger partial charge in [-0.15, -0.1) is 0 Å². The lowest BCUT2D eigenvalue weighted by Crippen LogP contribution is -2.10. The SMILES string of the molecule is CNCc1cc(Cl)ccc1-c1cccc2c1OCCC2. The van der Waals surface area contributed by atoms with Crippen molar-refractivity contribution in [2.45, 2.75) is 19.4 Å². The van der Waals surface area contributed by atoms with Crippen LogP contribution in [-0.2, 0) is 13.0 Å². The second-order valence-corrected chi connectivity index (χ2v) is 5.51. The molecule has 3 rings (SSSR count). The molecule has 0 fully saturated rings. The lowest BCUT2D eigenvalue weighted by Gasteiger charge is -2.21. The van der Waals surface area contributed by atoms with Crippen LogP contribution in [0, 0.1) is 0 Å². The highest BCUT2D eigenvalue weighted by molar-refractivity contribution is 6.30. The second kappa shape index (κ2) is 5.86. The summed E-state index contributed by atoms with van der Waals surface area (Å²) in [4.78, 5) is 0. The molecule has 0 atom stereocenters. The first-order chi connectivity index (χ1) is 9.79. The summed E-state index contributed by atoms with van der Waals surface area (Å²) in [5.41, 5.74) is 4.87. The molecule has 2 nitrogen and oxygen atoms in total. The average molecular weight is 288 g/mol. The maximum Gasteiger partial charge on any atom is 0.130 e. The Morgan fingerprint density at radius 3 is 2.95 bits per heavy atom. The molecule has 104 valence electrons. The molecule has 2 aromatic carbocycles. The number of fused-ring (bicyclic) bond motifs is 1. The molecule has 20 heavy (non-hydrogen) atoms. The number of nitrogens with one attached hydrogen (secondary N) is 1. The summed E-state index contributed by atoms with van der Waals surface area (Å²) in [7, 11) is 1.95. The van der Waals surface area contributed by atoms with E-state index in [0.717, 1.165) is 36.8 Å². The van der Waals surface area contributed by atoms with Crippen LogP contribution in [0.3, 0.4) is 0 Å². The van der Waals surface area contributed by atoms with Gasteiger partial charge in [0.25, 0.3) is 0 Å². The van der Waals surface area contributed by atoms with Crippen LogP contribution in [0.25, 0.3) is 11.1 Å². The zero-order valence-electron chi connectivity index (χ0n) is 11.6. The quantitative estimate of drug-likeness (QED) is 0.919. The monoisotopic (exact) mass is 287 g/mol. The number of para-hydroxylation sites is 1. The molecule has 0 unspecified atom stereocenters. The molecule has 3 heteroatoms. The lowest BCUT2D eigenvalue weighted by atomic mass is 9.94. The molecular weight excluding hydrogens is 270 g/mol. The third kappa shape index (κ3) is 2.54. The van der Waals surface area contributed by atoms with E-state index >= 15 is 0 Å². The van der Waals surface area contributed by atoms with Gasteiger partial charge in [0, 0.05) is 17.1 Å². The van der Waals surface area contributed by atoms with Crippen LogP contribution < -0.4 is 10.1 Å². The number of ether oxygens (including phenoxy) is 1. The topological polar surface area (TPSA) is 21.3 Å². The van der Waals surface area contributed by atoms with Gasteiger partial charge in [-0.1, -0.05) is 35.9 Å². The molecular formula is C17H18ClNO. The predicted molar refractivity (Wildman–Crippen MR) is 83.5 cm³/mol. The third-order valence-corrected chi connectivity index (χ3v) is 3.89. The first-order valence-electron chi connectivity index (χ1n) is 6.97. The number of halogens is 1. The number of benzene rings is 2. The van der Waals surface area contributed by atoms with Crippen molar-refractivity contribution in [1.29, 1.82) is 0 Å². The van der Waals surface area contributed by atoms with Crippen LogP contribution >= 0.6 is 11.6 Å². The summed E-state index contributed by atoms with van der Waals surface area (Å²) >= 11 is 6.12. The van der Waals surface area contributed by atoms with Crippen LogP contribution in [0.15, 0.2) is 36.4 Å². The van der Waals surface area contributed by atoms with E-state index in [1.807, 2.05) is 19.2 Å². The van der Waals surface area contributed by atoms with Gasteiger partial charge < -0.3 is 10.1 Å².